The molecule has 2 aromatic heterocycles. The number of hydrogen-bond donors (Lipinski definition) is 0. The molecule has 0 spiro atoms. The van der Waals surface area contributed by atoms with Gasteiger partial charge in [-0.15, -0.1) is 11.6 Å². The van der Waals surface area contributed by atoms with Crippen molar-refractivity contribution >= 4 is 11.6 Å². The fourth-order valence-electron chi connectivity index (χ4n) is 1.08. The zero-order valence-electron chi connectivity index (χ0n) is 7.35. The molecular formula is C9H8ClN3O. The maximum Gasteiger partial charge on any atom is 0.241 e. The molecule has 0 aliphatic carbocycles. The number of pyridine rings is 1. The van der Waals surface area contributed by atoms with Crippen LogP contribution in [0.2, 0.25) is 0 Å². The van der Waals surface area contributed by atoms with Gasteiger partial charge in [0, 0.05) is 11.9 Å². The molecular weight excluding hydrogens is 202 g/mol. The highest BCUT2D eigenvalue weighted by molar-refractivity contribution is 6.16. The molecule has 0 bridgehead atoms. The van der Waals surface area contributed by atoms with Gasteiger partial charge in [0.15, 0.2) is 5.82 Å². The molecule has 4 nitrogen and oxygen atoms in total. The van der Waals surface area contributed by atoms with Gasteiger partial charge < -0.3 is 4.52 Å². The van der Waals surface area contributed by atoms with Gasteiger partial charge in [-0.2, -0.15) is 4.98 Å². The number of rotatable bonds is 3. The zero-order chi connectivity index (χ0) is 9.80. The number of aromatic nitrogens is 3. The van der Waals surface area contributed by atoms with Gasteiger partial charge in [-0.05, 0) is 12.1 Å². The highest BCUT2D eigenvalue weighted by atomic mass is 35.5. The lowest BCUT2D eigenvalue weighted by atomic mass is 10.3. The van der Waals surface area contributed by atoms with Crippen LogP contribution in [0.5, 0.6) is 0 Å². The maximum absolute atomic E-state index is 5.53. The van der Waals surface area contributed by atoms with Crippen LogP contribution in [0.15, 0.2) is 28.9 Å². The summed E-state index contributed by atoms with van der Waals surface area (Å²) in [7, 11) is 0. The summed E-state index contributed by atoms with van der Waals surface area (Å²) >= 11 is 5.53. The first kappa shape index (κ1) is 9.15. The molecule has 14 heavy (non-hydrogen) atoms. The second-order valence-corrected chi connectivity index (χ2v) is 3.00. The molecule has 0 atom stereocenters. The van der Waals surface area contributed by atoms with Crippen molar-refractivity contribution in [2.45, 2.75) is 12.3 Å². The Hall–Kier alpha value is -1.42. The van der Waals surface area contributed by atoms with E-state index in [1.807, 2.05) is 18.2 Å². The van der Waals surface area contributed by atoms with Crippen LogP contribution in [0.4, 0.5) is 0 Å². The lowest BCUT2D eigenvalue weighted by Gasteiger charge is -1.92. The maximum atomic E-state index is 5.53. The van der Waals surface area contributed by atoms with Gasteiger partial charge in [0.25, 0.3) is 0 Å². The molecule has 2 rings (SSSR count). The van der Waals surface area contributed by atoms with Crippen molar-refractivity contribution in [1.29, 1.82) is 0 Å². The predicted octanol–water partition coefficient (Wildman–Crippen LogP) is 1.79. The molecule has 0 aliphatic heterocycles. The Kier molecular flexibility index (Phi) is 2.74. The van der Waals surface area contributed by atoms with Crippen LogP contribution in [0, 0.1) is 0 Å². The molecule has 0 N–H and O–H groups in total. The quantitative estimate of drug-likeness (QED) is 0.724. The predicted molar refractivity (Wildman–Crippen MR) is 50.9 cm³/mol. The lowest BCUT2D eigenvalue weighted by molar-refractivity contribution is 0.385. The van der Waals surface area contributed by atoms with Crippen LogP contribution in [-0.2, 0) is 12.3 Å². The average molecular weight is 210 g/mol. The Labute approximate surface area is 85.9 Å². The Morgan fingerprint density at radius 3 is 2.93 bits per heavy atom. The fourth-order valence-corrected chi connectivity index (χ4v) is 1.19. The van der Waals surface area contributed by atoms with E-state index in [-0.39, 0.29) is 5.88 Å². The monoisotopic (exact) mass is 209 g/mol. The normalized spacial score (nSPS) is 10.4. The van der Waals surface area contributed by atoms with Crippen LogP contribution in [0.25, 0.3) is 0 Å². The van der Waals surface area contributed by atoms with E-state index in [0.29, 0.717) is 18.1 Å². The van der Waals surface area contributed by atoms with Crippen LogP contribution >= 0.6 is 11.6 Å². The van der Waals surface area contributed by atoms with Gasteiger partial charge in [-0.25, -0.2) is 0 Å². The molecule has 5 heteroatoms. The van der Waals surface area contributed by atoms with E-state index in [1.165, 1.54) is 0 Å². The highest BCUT2D eigenvalue weighted by Gasteiger charge is 2.05. The summed E-state index contributed by atoms with van der Waals surface area (Å²) in [5, 5.41) is 3.77. The summed E-state index contributed by atoms with van der Waals surface area (Å²) < 4.78 is 4.87. The van der Waals surface area contributed by atoms with Crippen molar-refractivity contribution in [3.05, 3.63) is 41.8 Å². The minimum absolute atomic E-state index is 0.245. The SMILES string of the molecule is ClCc1nc(Cc2ccccn2)no1. The summed E-state index contributed by atoms with van der Waals surface area (Å²) in [5.41, 5.74) is 0.912. The first-order chi connectivity index (χ1) is 6.88. The van der Waals surface area contributed by atoms with E-state index in [1.54, 1.807) is 6.20 Å². The molecule has 0 fully saturated rings. The van der Waals surface area contributed by atoms with Crippen molar-refractivity contribution < 1.29 is 4.52 Å². The summed E-state index contributed by atoms with van der Waals surface area (Å²) in [6.45, 7) is 0. The first-order valence-corrected chi connectivity index (χ1v) is 4.69. The Bertz CT molecular complexity index is 401. The second kappa shape index (κ2) is 4.19. The molecule has 2 aromatic rings. The first-order valence-electron chi connectivity index (χ1n) is 4.16. The number of nitrogens with zero attached hydrogens (tertiary/aromatic N) is 3. The van der Waals surface area contributed by atoms with E-state index in [2.05, 4.69) is 15.1 Å². The number of alkyl halides is 1. The second-order valence-electron chi connectivity index (χ2n) is 2.74. The zero-order valence-corrected chi connectivity index (χ0v) is 8.11. The lowest BCUT2D eigenvalue weighted by Crippen LogP contribution is -1.93. The summed E-state index contributed by atoms with van der Waals surface area (Å²) in [5.74, 6) is 1.30. The van der Waals surface area contributed by atoms with Crippen LogP contribution in [0.3, 0.4) is 0 Å². The molecule has 72 valence electrons. The molecule has 0 saturated carbocycles. The van der Waals surface area contributed by atoms with Gasteiger partial charge in [-0.3, -0.25) is 4.98 Å². The third-order valence-corrected chi connectivity index (χ3v) is 1.92. The summed E-state index contributed by atoms with van der Waals surface area (Å²) in [4.78, 5) is 8.23. The van der Waals surface area contributed by atoms with E-state index >= 15 is 0 Å². The number of hydrogen-bond acceptors (Lipinski definition) is 4. The fraction of sp³-hybridized carbons (Fsp3) is 0.222. The van der Waals surface area contributed by atoms with Crippen molar-refractivity contribution in [3.8, 4) is 0 Å². The number of halogens is 1. The summed E-state index contributed by atoms with van der Waals surface area (Å²) in [6, 6.07) is 5.70. The summed E-state index contributed by atoms with van der Waals surface area (Å²) in [6.07, 6.45) is 2.30. The van der Waals surface area contributed by atoms with Crippen molar-refractivity contribution in [1.82, 2.24) is 15.1 Å². The van der Waals surface area contributed by atoms with E-state index in [0.717, 1.165) is 5.69 Å². The molecule has 0 saturated heterocycles. The molecule has 0 aliphatic rings. The van der Waals surface area contributed by atoms with Crippen molar-refractivity contribution in [2.24, 2.45) is 0 Å². The Morgan fingerprint density at radius 2 is 2.29 bits per heavy atom. The van der Waals surface area contributed by atoms with Gasteiger partial charge >= 0.3 is 0 Å². The highest BCUT2D eigenvalue weighted by Crippen LogP contribution is 2.05. The molecule has 0 radical (unpaired) electrons. The van der Waals surface area contributed by atoms with Crippen LogP contribution in [-0.4, -0.2) is 15.1 Å². The van der Waals surface area contributed by atoms with Gasteiger partial charge in [0.1, 0.15) is 5.88 Å². The van der Waals surface area contributed by atoms with E-state index < -0.39 is 0 Å². The third kappa shape index (κ3) is 2.09. The Morgan fingerprint density at radius 1 is 1.36 bits per heavy atom. The third-order valence-electron chi connectivity index (χ3n) is 1.69. The largest absolute Gasteiger partial charge is 0.338 e. The van der Waals surface area contributed by atoms with E-state index in [4.69, 9.17) is 16.1 Å². The van der Waals surface area contributed by atoms with Gasteiger partial charge in [-0.1, -0.05) is 11.2 Å². The van der Waals surface area contributed by atoms with Crippen LogP contribution < -0.4 is 0 Å². The van der Waals surface area contributed by atoms with Gasteiger partial charge in [0.2, 0.25) is 5.89 Å². The topological polar surface area (TPSA) is 51.8 Å². The van der Waals surface area contributed by atoms with Crippen molar-refractivity contribution in [3.63, 3.8) is 0 Å². The van der Waals surface area contributed by atoms with E-state index in [9.17, 15) is 0 Å². The Balaban J connectivity index is 2.11. The minimum atomic E-state index is 0.245. The smallest absolute Gasteiger partial charge is 0.241 e. The standard InChI is InChI=1S/C9H8ClN3O/c10-6-9-12-8(13-14-9)5-7-3-1-2-4-11-7/h1-4H,5-6H2. The molecule has 0 aromatic carbocycles. The molecule has 0 amide bonds. The molecule has 2 heterocycles. The van der Waals surface area contributed by atoms with Gasteiger partial charge in [0.05, 0.1) is 6.42 Å². The molecule has 0 unspecified atom stereocenters. The minimum Gasteiger partial charge on any atom is -0.338 e. The van der Waals surface area contributed by atoms with Crippen molar-refractivity contribution in [2.75, 3.05) is 0 Å². The average Bonchev–Trinajstić information content (AvgIpc) is 2.67. The van der Waals surface area contributed by atoms with Crippen LogP contribution in [0.1, 0.15) is 17.4 Å².